The number of hydrogen-bond donors (Lipinski definition) is 2. The highest BCUT2D eigenvalue weighted by molar-refractivity contribution is 5.76. The summed E-state index contributed by atoms with van der Waals surface area (Å²) in [6.07, 6.45) is 1.80. The predicted octanol–water partition coefficient (Wildman–Crippen LogP) is 2.23. The van der Waals surface area contributed by atoms with Gasteiger partial charge in [0.05, 0.1) is 17.6 Å². The van der Waals surface area contributed by atoms with Crippen LogP contribution in [0.1, 0.15) is 5.56 Å². The van der Waals surface area contributed by atoms with Gasteiger partial charge in [-0.15, -0.1) is 0 Å². The summed E-state index contributed by atoms with van der Waals surface area (Å²) in [7, 11) is 1.86. The van der Waals surface area contributed by atoms with E-state index in [1.54, 1.807) is 16.9 Å². The lowest BCUT2D eigenvalue weighted by molar-refractivity contribution is 0.628. The minimum Gasteiger partial charge on any atom is -0.379 e. The van der Waals surface area contributed by atoms with Crippen molar-refractivity contribution in [3.8, 4) is 0 Å². The summed E-state index contributed by atoms with van der Waals surface area (Å²) in [6, 6.07) is 4.66. The van der Waals surface area contributed by atoms with Crippen molar-refractivity contribution in [3.05, 3.63) is 35.8 Å². The Morgan fingerprint density at radius 1 is 1.38 bits per heavy atom. The van der Waals surface area contributed by atoms with E-state index in [1.165, 1.54) is 12.1 Å². The molecule has 1 aliphatic heterocycles. The van der Waals surface area contributed by atoms with E-state index in [1.807, 2.05) is 7.05 Å². The molecule has 0 saturated carbocycles. The molecule has 2 aromatic rings. The zero-order chi connectivity index (χ0) is 11.1. The SMILES string of the molecule is Cn1ncc2c1Nc1cc(F)ccc1NC2. The van der Waals surface area contributed by atoms with Crippen LogP contribution in [0.5, 0.6) is 0 Å². The molecule has 2 heterocycles. The van der Waals surface area contributed by atoms with Gasteiger partial charge in [0.15, 0.2) is 0 Å². The molecule has 0 radical (unpaired) electrons. The summed E-state index contributed by atoms with van der Waals surface area (Å²) >= 11 is 0. The Bertz CT molecular complexity index is 547. The van der Waals surface area contributed by atoms with Crippen LogP contribution < -0.4 is 10.6 Å². The molecular weight excluding hydrogens is 207 g/mol. The predicted molar refractivity (Wildman–Crippen MR) is 60.2 cm³/mol. The van der Waals surface area contributed by atoms with Gasteiger partial charge in [-0.05, 0) is 18.2 Å². The Balaban J connectivity index is 2.11. The highest BCUT2D eigenvalue weighted by Gasteiger charge is 2.15. The minimum atomic E-state index is -0.251. The van der Waals surface area contributed by atoms with Crippen LogP contribution in [0, 0.1) is 5.82 Å². The van der Waals surface area contributed by atoms with Gasteiger partial charge in [0.1, 0.15) is 11.6 Å². The van der Waals surface area contributed by atoms with Crippen LogP contribution in [-0.2, 0) is 13.6 Å². The van der Waals surface area contributed by atoms with Crippen LogP contribution in [0.3, 0.4) is 0 Å². The summed E-state index contributed by atoms with van der Waals surface area (Å²) in [5, 5.41) is 10.6. The number of aryl methyl sites for hydroxylation is 1. The fourth-order valence-electron chi connectivity index (χ4n) is 1.87. The van der Waals surface area contributed by atoms with Crippen molar-refractivity contribution in [2.75, 3.05) is 10.6 Å². The number of anilines is 3. The van der Waals surface area contributed by atoms with Crippen molar-refractivity contribution >= 4 is 17.2 Å². The lowest BCUT2D eigenvalue weighted by Crippen LogP contribution is -2.00. The second-order valence-electron chi connectivity index (χ2n) is 3.81. The standard InChI is InChI=1S/C11H11FN4/c1-16-11-7(6-14-16)5-13-9-3-2-8(12)4-10(9)15-11/h2-4,6,13,15H,5H2,1H3. The van der Waals surface area contributed by atoms with Crippen molar-refractivity contribution in [1.29, 1.82) is 0 Å². The molecule has 2 N–H and O–H groups in total. The molecular formula is C11H11FN4. The van der Waals surface area contributed by atoms with E-state index < -0.39 is 0 Å². The van der Waals surface area contributed by atoms with Gasteiger partial charge >= 0.3 is 0 Å². The van der Waals surface area contributed by atoms with E-state index in [2.05, 4.69) is 15.7 Å². The van der Waals surface area contributed by atoms with E-state index in [0.717, 1.165) is 22.8 Å². The smallest absolute Gasteiger partial charge is 0.133 e. The van der Waals surface area contributed by atoms with Crippen molar-refractivity contribution < 1.29 is 4.39 Å². The Morgan fingerprint density at radius 3 is 3.12 bits per heavy atom. The van der Waals surface area contributed by atoms with Crippen LogP contribution in [0.4, 0.5) is 21.6 Å². The summed E-state index contributed by atoms with van der Waals surface area (Å²) in [4.78, 5) is 0. The van der Waals surface area contributed by atoms with Crippen LogP contribution in [0.2, 0.25) is 0 Å². The van der Waals surface area contributed by atoms with Crippen molar-refractivity contribution in [1.82, 2.24) is 9.78 Å². The molecule has 0 aliphatic carbocycles. The van der Waals surface area contributed by atoms with Crippen LogP contribution >= 0.6 is 0 Å². The zero-order valence-electron chi connectivity index (χ0n) is 8.79. The molecule has 0 atom stereocenters. The lowest BCUT2D eigenvalue weighted by atomic mass is 10.2. The van der Waals surface area contributed by atoms with Gasteiger partial charge < -0.3 is 10.6 Å². The molecule has 16 heavy (non-hydrogen) atoms. The van der Waals surface area contributed by atoms with Crippen LogP contribution in [0.25, 0.3) is 0 Å². The third-order valence-electron chi connectivity index (χ3n) is 2.72. The molecule has 1 aliphatic rings. The number of halogens is 1. The number of benzene rings is 1. The van der Waals surface area contributed by atoms with Gasteiger partial charge in [-0.25, -0.2) is 4.39 Å². The molecule has 0 saturated heterocycles. The first-order valence-electron chi connectivity index (χ1n) is 5.05. The number of fused-ring (bicyclic) bond motifs is 2. The minimum absolute atomic E-state index is 0.251. The molecule has 0 fully saturated rings. The Labute approximate surface area is 92.1 Å². The summed E-state index contributed by atoms with van der Waals surface area (Å²) < 4.78 is 14.9. The molecule has 3 rings (SSSR count). The molecule has 4 nitrogen and oxygen atoms in total. The molecule has 82 valence electrons. The second-order valence-corrected chi connectivity index (χ2v) is 3.81. The van der Waals surface area contributed by atoms with Crippen molar-refractivity contribution in [2.24, 2.45) is 7.05 Å². The largest absolute Gasteiger partial charge is 0.379 e. The maximum Gasteiger partial charge on any atom is 0.133 e. The normalized spacial score (nSPS) is 13.1. The quantitative estimate of drug-likeness (QED) is 0.712. The fraction of sp³-hybridized carbons (Fsp3) is 0.182. The molecule has 0 bridgehead atoms. The highest BCUT2D eigenvalue weighted by atomic mass is 19.1. The zero-order valence-corrected chi connectivity index (χ0v) is 8.79. The van der Waals surface area contributed by atoms with Gasteiger partial charge in [0.2, 0.25) is 0 Å². The van der Waals surface area contributed by atoms with Gasteiger partial charge in [0, 0.05) is 19.2 Å². The van der Waals surface area contributed by atoms with Gasteiger partial charge in [0.25, 0.3) is 0 Å². The summed E-state index contributed by atoms with van der Waals surface area (Å²) in [6.45, 7) is 0.689. The van der Waals surface area contributed by atoms with Crippen molar-refractivity contribution in [3.63, 3.8) is 0 Å². The molecule has 0 amide bonds. The van der Waals surface area contributed by atoms with E-state index in [0.29, 0.717) is 6.54 Å². The third-order valence-corrected chi connectivity index (χ3v) is 2.72. The summed E-state index contributed by atoms with van der Waals surface area (Å²) in [5.41, 5.74) is 2.71. The Morgan fingerprint density at radius 2 is 2.25 bits per heavy atom. The summed E-state index contributed by atoms with van der Waals surface area (Å²) in [5.74, 6) is 0.649. The fourth-order valence-corrected chi connectivity index (χ4v) is 1.87. The number of rotatable bonds is 0. The Hall–Kier alpha value is -2.04. The maximum absolute atomic E-state index is 13.1. The lowest BCUT2D eigenvalue weighted by Gasteiger charge is -2.09. The van der Waals surface area contributed by atoms with E-state index in [4.69, 9.17) is 0 Å². The average Bonchev–Trinajstić information content (AvgIpc) is 2.51. The highest BCUT2D eigenvalue weighted by Crippen LogP contribution is 2.31. The number of hydrogen-bond acceptors (Lipinski definition) is 3. The van der Waals surface area contributed by atoms with E-state index >= 15 is 0 Å². The first-order chi connectivity index (χ1) is 7.74. The first kappa shape index (κ1) is 9.21. The van der Waals surface area contributed by atoms with Crippen LogP contribution in [-0.4, -0.2) is 9.78 Å². The first-order valence-corrected chi connectivity index (χ1v) is 5.05. The van der Waals surface area contributed by atoms with Gasteiger partial charge in [-0.2, -0.15) is 5.10 Å². The molecule has 1 aromatic carbocycles. The number of nitrogens with one attached hydrogen (secondary N) is 2. The molecule has 1 aromatic heterocycles. The van der Waals surface area contributed by atoms with E-state index in [-0.39, 0.29) is 5.82 Å². The average molecular weight is 218 g/mol. The molecule has 5 heteroatoms. The maximum atomic E-state index is 13.1. The molecule has 0 spiro atoms. The Kier molecular flexibility index (Phi) is 1.86. The van der Waals surface area contributed by atoms with E-state index in [9.17, 15) is 4.39 Å². The van der Waals surface area contributed by atoms with Crippen LogP contribution in [0.15, 0.2) is 24.4 Å². The van der Waals surface area contributed by atoms with Gasteiger partial charge in [-0.3, -0.25) is 4.68 Å². The second kappa shape index (κ2) is 3.23. The van der Waals surface area contributed by atoms with Gasteiger partial charge in [-0.1, -0.05) is 0 Å². The monoisotopic (exact) mass is 218 g/mol. The topological polar surface area (TPSA) is 41.9 Å². The van der Waals surface area contributed by atoms with Crippen molar-refractivity contribution in [2.45, 2.75) is 6.54 Å². The molecule has 0 unspecified atom stereocenters. The third kappa shape index (κ3) is 1.32. The number of nitrogens with zero attached hydrogens (tertiary/aromatic N) is 2. The number of aromatic nitrogens is 2.